The van der Waals surface area contributed by atoms with E-state index in [2.05, 4.69) is 12.2 Å². The molecular weight excluding hydrogens is 112 g/mol. The van der Waals surface area contributed by atoms with Crippen LogP contribution in [0.25, 0.3) is 0 Å². The van der Waals surface area contributed by atoms with Gasteiger partial charge in [-0.3, -0.25) is 0 Å². The summed E-state index contributed by atoms with van der Waals surface area (Å²) in [5, 5.41) is 0. The minimum atomic E-state index is 0.367. The third-order valence-corrected chi connectivity index (χ3v) is 1.50. The Labute approximate surface area is 54.3 Å². The van der Waals surface area contributed by atoms with Crippen LogP contribution in [0.2, 0.25) is 0 Å². The fraction of sp³-hybridized carbons (Fsp3) is 0.250. The van der Waals surface area contributed by atoms with Gasteiger partial charge >= 0.3 is 0 Å². The van der Waals surface area contributed by atoms with Crippen LogP contribution in [0.15, 0.2) is 36.5 Å². The maximum atomic E-state index is 5.22. The van der Waals surface area contributed by atoms with Crippen LogP contribution in [-0.4, -0.2) is 12.2 Å². The highest BCUT2D eigenvalue weighted by Crippen LogP contribution is 2.25. The second-order valence-electron chi connectivity index (χ2n) is 2.22. The van der Waals surface area contributed by atoms with Crippen LogP contribution in [0.3, 0.4) is 0 Å². The first-order chi connectivity index (χ1) is 4.47. The normalized spacial score (nSPS) is 37.3. The summed E-state index contributed by atoms with van der Waals surface area (Å²) >= 11 is 0. The summed E-state index contributed by atoms with van der Waals surface area (Å²) in [5.41, 5.74) is 0. The molecule has 0 aromatic carbocycles. The van der Waals surface area contributed by atoms with Crippen LogP contribution in [-0.2, 0) is 4.74 Å². The predicted molar refractivity (Wildman–Crippen MR) is 36.1 cm³/mol. The van der Waals surface area contributed by atoms with Crippen molar-refractivity contribution in [2.45, 2.75) is 12.2 Å². The molecule has 1 saturated heterocycles. The lowest BCUT2D eigenvalue weighted by atomic mass is 10.2. The van der Waals surface area contributed by atoms with E-state index in [9.17, 15) is 0 Å². The summed E-state index contributed by atoms with van der Waals surface area (Å²) in [6, 6.07) is 0. The van der Waals surface area contributed by atoms with Crippen molar-refractivity contribution in [2.24, 2.45) is 0 Å². The number of fused-ring (bicyclic) bond motifs is 1. The molecule has 2 rings (SSSR count). The Morgan fingerprint density at radius 2 is 1.33 bits per heavy atom. The Morgan fingerprint density at radius 3 is 1.89 bits per heavy atom. The molecule has 2 atom stereocenters. The fourth-order valence-electron chi connectivity index (χ4n) is 0.921. The van der Waals surface area contributed by atoms with E-state index in [1.807, 2.05) is 24.3 Å². The lowest BCUT2D eigenvalue weighted by molar-refractivity contribution is 0.413. The summed E-state index contributed by atoms with van der Waals surface area (Å²) in [6.07, 6.45) is 12.9. The summed E-state index contributed by atoms with van der Waals surface area (Å²) in [6.45, 7) is 0. The van der Waals surface area contributed by atoms with E-state index in [4.69, 9.17) is 4.74 Å². The molecule has 2 aliphatic rings. The van der Waals surface area contributed by atoms with Gasteiger partial charge < -0.3 is 4.74 Å². The van der Waals surface area contributed by atoms with Gasteiger partial charge in [0.25, 0.3) is 0 Å². The minimum Gasteiger partial charge on any atom is -0.361 e. The summed E-state index contributed by atoms with van der Waals surface area (Å²) < 4.78 is 5.22. The van der Waals surface area contributed by atoms with Crippen molar-refractivity contribution in [2.75, 3.05) is 0 Å². The molecule has 0 N–H and O–H groups in total. The lowest BCUT2D eigenvalue weighted by Gasteiger charge is -1.80. The van der Waals surface area contributed by atoms with Gasteiger partial charge in [0, 0.05) is 0 Å². The summed E-state index contributed by atoms with van der Waals surface area (Å²) in [4.78, 5) is 0. The molecular formula is C8H8O. The number of epoxide rings is 1. The van der Waals surface area contributed by atoms with Crippen LogP contribution in [0.4, 0.5) is 0 Å². The summed E-state index contributed by atoms with van der Waals surface area (Å²) in [7, 11) is 0. The van der Waals surface area contributed by atoms with Gasteiger partial charge in [-0.1, -0.05) is 36.5 Å². The van der Waals surface area contributed by atoms with Gasteiger partial charge in [-0.2, -0.15) is 0 Å². The molecule has 1 heteroatoms. The Balaban J connectivity index is 2.19. The topological polar surface area (TPSA) is 12.5 Å². The predicted octanol–water partition coefficient (Wildman–Crippen LogP) is 1.44. The highest BCUT2D eigenvalue weighted by atomic mass is 16.6. The molecule has 0 saturated carbocycles. The van der Waals surface area contributed by atoms with Crippen LogP contribution < -0.4 is 0 Å². The van der Waals surface area contributed by atoms with E-state index in [-0.39, 0.29) is 0 Å². The first-order valence-electron chi connectivity index (χ1n) is 3.14. The second kappa shape index (κ2) is 1.85. The first kappa shape index (κ1) is 5.00. The number of hydrogen-bond acceptors (Lipinski definition) is 1. The largest absolute Gasteiger partial charge is 0.361 e. The number of rotatable bonds is 0. The highest BCUT2D eigenvalue weighted by molar-refractivity contribution is 5.22. The van der Waals surface area contributed by atoms with E-state index in [1.165, 1.54) is 0 Å². The third-order valence-electron chi connectivity index (χ3n) is 1.50. The Kier molecular flexibility index (Phi) is 1.03. The molecule has 0 spiro atoms. The standard InChI is InChI=1S/C8H8O/c1-2-4-6-8-7(9-8)5-3-1/h1-8H. The zero-order valence-corrected chi connectivity index (χ0v) is 5.03. The average Bonchev–Trinajstić information content (AvgIpc) is 2.46. The molecule has 0 aromatic rings. The SMILES string of the molecule is C1=CC=CC2OC2C=C1. The first-order valence-corrected chi connectivity index (χ1v) is 3.14. The average molecular weight is 120 g/mol. The Hall–Kier alpha value is -0.820. The van der Waals surface area contributed by atoms with E-state index >= 15 is 0 Å². The maximum Gasteiger partial charge on any atom is 0.107 e. The van der Waals surface area contributed by atoms with Gasteiger partial charge in [-0.15, -0.1) is 0 Å². The molecule has 0 aromatic heterocycles. The summed E-state index contributed by atoms with van der Waals surface area (Å²) in [5.74, 6) is 0. The van der Waals surface area contributed by atoms with Crippen molar-refractivity contribution >= 4 is 0 Å². The van der Waals surface area contributed by atoms with E-state index in [1.54, 1.807) is 0 Å². The van der Waals surface area contributed by atoms with Gasteiger partial charge in [0.05, 0.1) is 0 Å². The van der Waals surface area contributed by atoms with Crippen molar-refractivity contribution in [1.29, 1.82) is 0 Å². The van der Waals surface area contributed by atoms with E-state index in [0.717, 1.165) is 0 Å². The van der Waals surface area contributed by atoms with Crippen molar-refractivity contribution in [1.82, 2.24) is 0 Å². The van der Waals surface area contributed by atoms with Gasteiger partial charge in [0.2, 0.25) is 0 Å². The van der Waals surface area contributed by atoms with Crippen molar-refractivity contribution in [3.63, 3.8) is 0 Å². The number of ether oxygens (including phenoxy) is 1. The quantitative estimate of drug-likeness (QED) is 0.440. The van der Waals surface area contributed by atoms with E-state index < -0.39 is 0 Å². The molecule has 1 aliphatic heterocycles. The highest BCUT2D eigenvalue weighted by Gasteiger charge is 2.33. The molecule has 1 fully saturated rings. The van der Waals surface area contributed by atoms with Crippen LogP contribution in [0.1, 0.15) is 0 Å². The molecule has 0 amide bonds. The van der Waals surface area contributed by atoms with Gasteiger partial charge in [-0.05, 0) is 0 Å². The fourth-order valence-corrected chi connectivity index (χ4v) is 0.921. The van der Waals surface area contributed by atoms with Crippen LogP contribution in [0, 0.1) is 0 Å². The van der Waals surface area contributed by atoms with Crippen molar-refractivity contribution < 1.29 is 4.74 Å². The lowest BCUT2D eigenvalue weighted by Crippen LogP contribution is -1.84. The smallest absolute Gasteiger partial charge is 0.107 e. The van der Waals surface area contributed by atoms with Crippen molar-refractivity contribution in [3.05, 3.63) is 36.5 Å². The molecule has 0 bridgehead atoms. The van der Waals surface area contributed by atoms with Gasteiger partial charge in [-0.25, -0.2) is 0 Å². The Morgan fingerprint density at radius 1 is 0.778 bits per heavy atom. The molecule has 2 unspecified atom stereocenters. The molecule has 1 nitrogen and oxygen atoms in total. The third kappa shape index (κ3) is 0.958. The van der Waals surface area contributed by atoms with Gasteiger partial charge in [0.15, 0.2) is 0 Å². The monoisotopic (exact) mass is 120 g/mol. The molecule has 9 heavy (non-hydrogen) atoms. The van der Waals surface area contributed by atoms with Crippen LogP contribution >= 0.6 is 0 Å². The number of hydrogen-bond donors (Lipinski definition) is 0. The van der Waals surface area contributed by atoms with Crippen molar-refractivity contribution in [3.8, 4) is 0 Å². The molecule has 46 valence electrons. The minimum absolute atomic E-state index is 0.367. The number of allylic oxidation sites excluding steroid dienone is 4. The zero-order chi connectivity index (χ0) is 6.10. The molecule has 1 heterocycles. The van der Waals surface area contributed by atoms with Gasteiger partial charge in [0.1, 0.15) is 12.2 Å². The van der Waals surface area contributed by atoms with E-state index in [0.29, 0.717) is 12.2 Å². The molecule has 1 aliphatic carbocycles. The molecule has 0 radical (unpaired) electrons. The second-order valence-corrected chi connectivity index (χ2v) is 2.22. The maximum absolute atomic E-state index is 5.22. The Bertz CT molecular complexity index is 169. The zero-order valence-electron chi connectivity index (χ0n) is 5.03. The van der Waals surface area contributed by atoms with Crippen LogP contribution in [0.5, 0.6) is 0 Å².